The molecule has 18 heavy (non-hydrogen) atoms. The summed E-state index contributed by atoms with van der Waals surface area (Å²) >= 11 is 11.7. The Bertz CT molecular complexity index is 440. The molecule has 0 saturated heterocycles. The van der Waals surface area contributed by atoms with Gasteiger partial charge in [0.15, 0.2) is 10.3 Å². The van der Waals surface area contributed by atoms with Gasteiger partial charge in [-0.1, -0.05) is 42.5 Å². The molecule has 5 nitrogen and oxygen atoms in total. The molecule has 1 heterocycles. The van der Waals surface area contributed by atoms with Gasteiger partial charge in [-0.05, 0) is 12.8 Å². The lowest BCUT2D eigenvalue weighted by molar-refractivity contribution is -0.122. The molecule has 1 aliphatic rings. The Kier molecular flexibility index (Phi) is 4.04. The predicted octanol–water partition coefficient (Wildman–Crippen LogP) is 2.38. The van der Waals surface area contributed by atoms with E-state index in [9.17, 15) is 4.79 Å². The summed E-state index contributed by atoms with van der Waals surface area (Å²) in [6, 6.07) is 0. The summed E-state index contributed by atoms with van der Waals surface area (Å²) in [7, 11) is 0. The van der Waals surface area contributed by atoms with Gasteiger partial charge in [0, 0.05) is 0 Å². The normalized spacial score (nSPS) is 18.4. The second-order valence-corrected chi connectivity index (χ2v) is 5.22. The fourth-order valence-electron chi connectivity index (χ4n) is 2.10. The third-order valence-corrected chi connectivity index (χ3v) is 3.76. The van der Waals surface area contributed by atoms with Crippen LogP contribution in [0.1, 0.15) is 32.1 Å². The van der Waals surface area contributed by atoms with E-state index in [-0.39, 0.29) is 21.9 Å². The monoisotopic (exact) mass is 288 g/mol. The highest BCUT2D eigenvalue weighted by Gasteiger charge is 2.35. The van der Waals surface area contributed by atoms with E-state index in [1.807, 2.05) is 0 Å². The van der Waals surface area contributed by atoms with Crippen LogP contribution < -0.4 is 11.1 Å². The van der Waals surface area contributed by atoms with Gasteiger partial charge < -0.3 is 11.1 Å². The lowest BCUT2D eigenvalue weighted by Crippen LogP contribution is -2.52. The molecule has 1 aromatic rings. The Morgan fingerprint density at radius 2 is 1.78 bits per heavy atom. The molecule has 2 rings (SSSR count). The van der Waals surface area contributed by atoms with Crippen molar-refractivity contribution in [2.75, 3.05) is 5.32 Å². The molecule has 0 radical (unpaired) electrons. The number of rotatable bonds is 2. The minimum Gasteiger partial charge on any atom is -0.319 e. The van der Waals surface area contributed by atoms with Crippen molar-refractivity contribution in [3.05, 3.63) is 16.6 Å². The summed E-state index contributed by atoms with van der Waals surface area (Å²) in [6.07, 6.45) is 5.60. The first kappa shape index (κ1) is 13.5. The van der Waals surface area contributed by atoms with E-state index < -0.39 is 5.54 Å². The summed E-state index contributed by atoms with van der Waals surface area (Å²) < 4.78 is 0. The van der Waals surface area contributed by atoms with Gasteiger partial charge >= 0.3 is 0 Å². The Morgan fingerprint density at radius 3 is 2.33 bits per heavy atom. The summed E-state index contributed by atoms with van der Waals surface area (Å²) in [5.74, 6) is -0.277. The molecule has 1 saturated carbocycles. The maximum absolute atomic E-state index is 12.2. The summed E-state index contributed by atoms with van der Waals surface area (Å²) in [6.45, 7) is 0. The van der Waals surface area contributed by atoms with Gasteiger partial charge in [0.2, 0.25) is 5.91 Å². The van der Waals surface area contributed by atoms with E-state index in [0.29, 0.717) is 12.8 Å². The number of nitrogens with one attached hydrogen (secondary N) is 1. The molecule has 0 unspecified atom stereocenters. The molecule has 1 aliphatic carbocycles. The number of carbonyl (C=O) groups excluding carboxylic acids is 1. The molecule has 0 spiro atoms. The predicted molar refractivity (Wildman–Crippen MR) is 70.7 cm³/mol. The van der Waals surface area contributed by atoms with Gasteiger partial charge in [0.05, 0.1) is 5.54 Å². The molecule has 0 bridgehead atoms. The number of hydrogen-bond acceptors (Lipinski definition) is 4. The third kappa shape index (κ3) is 2.74. The smallest absolute Gasteiger partial charge is 0.244 e. The summed E-state index contributed by atoms with van der Waals surface area (Å²) in [5, 5.41) is 2.86. The molecule has 1 aromatic heterocycles. The van der Waals surface area contributed by atoms with Gasteiger partial charge in [0.25, 0.3) is 0 Å². The van der Waals surface area contributed by atoms with Crippen LogP contribution in [0.5, 0.6) is 0 Å². The SMILES string of the molecule is NC1(C(=O)Nc2c(Cl)ncnc2Cl)CCCCC1. The number of halogens is 2. The third-order valence-electron chi connectivity index (χ3n) is 3.19. The summed E-state index contributed by atoms with van der Waals surface area (Å²) in [5.41, 5.74) is 5.49. The fraction of sp³-hybridized carbons (Fsp3) is 0.545. The lowest BCUT2D eigenvalue weighted by Gasteiger charge is -2.31. The first-order valence-electron chi connectivity index (χ1n) is 5.79. The van der Waals surface area contributed by atoms with E-state index >= 15 is 0 Å². The quantitative estimate of drug-likeness (QED) is 0.819. The lowest BCUT2D eigenvalue weighted by atomic mass is 9.82. The van der Waals surface area contributed by atoms with E-state index in [4.69, 9.17) is 28.9 Å². The molecular formula is C11H14Cl2N4O. The van der Waals surface area contributed by atoms with Crippen LogP contribution in [0.15, 0.2) is 6.33 Å². The van der Waals surface area contributed by atoms with Crippen LogP contribution in [-0.4, -0.2) is 21.4 Å². The van der Waals surface area contributed by atoms with Crippen molar-refractivity contribution in [1.29, 1.82) is 0 Å². The number of nitrogens with two attached hydrogens (primary N) is 1. The molecule has 1 amide bonds. The molecule has 0 atom stereocenters. The molecule has 0 aromatic carbocycles. The van der Waals surface area contributed by atoms with Crippen molar-refractivity contribution >= 4 is 34.8 Å². The summed E-state index contributed by atoms with van der Waals surface area (Å²) in [4.78, 5) is 19.7. The average Bonchev–Trinajstić information content (AvgIpc) is 2.34. The van der Waals surface area contributed by atoms with Crippen molar-refractivity contribution < 1.29 is 4.79 Å². The van der Waals surface area contributed by atoms with Gasteiger partial charge in [-0.15, -0.1) is 0 Å². The van der Waals surface area contributed by atoms with E-state index in [1.54, 1.807) is 0 Å². The van der Waals surface area contributed by atoms with Crippen molar-refractivity contribution in [3.63, 3.8) is 0 Å². The number of nitrogens with zero attached hydrogens (tertiary/aromatic N) is 2. The Balaban J connectivity index is 2.16. The molecule has 98 valence electrons. The van der Waals surface area contributed by atoms with Crippen molar-refractivity contribution in [3.8, 4) is 0 Å². The number of hydrogen-bond donors (Lipinski definition) is 2. The van der Waals surface area contributed by atoms with Crippen LogP contribution in [0.2, 0.25) is 10.3 Å². The maximum Gasteiger partial charge on any atom is 0.244 e. The maximum atomic E-state index is 12.2. The minimum absolute atomic E-state index is 0.114. The highest BCUT2D eigenvalue weighted by Crippen LogP contribution is 2.30. The van der Waals surface area contributed by atoms with Crippen LogP contribution in [0, 0.1) is 0 Å². The Morgan fingerprint density at radius 1 is 1.22 bits per heavy atom. The van der Waals surface area contributed by atoms with E-state index in [1.165, 1.54) is 6.33 Å². The standard InChI is InChI=1S/C11H14Cl2N4O/c12-8-7(9(13)16-6-15-8)17-10(18)11(14)4-2-1-3-5-11/h6H,1-5,14H2,(H,17,18). The van der Waals surface area contributed by atoms with Gasteiger partial charge in [-0.2, -0.15) is 0 Å². The first-order valence-corrected chi connectivity index (χ1v) is 6.55. The van der Waals surface area contributed by atoms with Gasteiger partial charge in [-0.25, -0.2) is 9.97 Å². The zero-order valence-electron chi connectivity index (χ0n) is 9.75. The van der Waals surface area contributed by atoms with Gasteiger partial charge in [-0.3, -0.25) is 4.79 Å². The van der Waals surface area contributed by atoms with E-state index in [0.717, 1.165) is 19.3 Å². The first-order chi connectivity index (χ1) is 8.53. The highest BCUT2D eigenvalue weighted by molar-refractivity contribution is 6.38. The second-order valence-electron chi connectivity index (χ2n) is 4.50. The minimum atomic E-state index is -0.846. The van der Waals surface area contributed by atoms with Crippen molar-refractivity contribution in [2.45, 2.75) is 37.6 Å². The topological polar surface area (TPSA) is 80.9 Å². The van der Waals surface area contributed by atoms with Crippen LogP contribution in [0.25, 0.3) is 0 Å². The van der Waals surface area contributed by atoms with Crippen LogP contribution in [0.3, 0.4) is 0 Å². The van der Waals surface area contributed by atoms with Crippen LogP contribution in [0.4, 0.5) is 5.69 Å². The average molecular weight is 289 g/mol. The number of carbonyl (C=O) groups is 1. The number of amides is 1. The van der Waals surface area contributed by atoms with Crippen LogP contribution >= 0.6 is 23.2 Å². The molecular weight excluding hydrogens is 275 g/mol. The zero-order chi connectivity index (χ0) is 13.2. The number of anilines is 1. The van der Waals surface area contributed by atoms with Crippen molar-refractivity contribution in [2.24, 2.45) is 5.73 Å². The number of aromatic nitrogens is 2. The largest absolute Gasteiger partial charge is 0.319 e. The fourth-order valence-corrected chi connectivity index (χ4v) is 2.50. The van der Waals surface area contributed by atoms with Gasteiger partial charge in [0.1, 0.15) is 12.0 Å². The Labute approximate surface area is 115 Å². The molecule has 1 fully saturated rings. The molecule has 0 aliphatic heterocycles. The van der Waals surface area contributed by atoms with Crippen molar-refractivity contribution in [1.82, 2.24) is 9.97 Å². The van der Waals surface area contributed by atoms with E-state index in [2.05, 4.69) is 15.3 Å². The Hall–Kier alpha value is -0.910. The second kappa shape index (κ2) is 5.38. The van der Waals surface area contributed by atoms with Crippen LogP contribution in [-0.2, 0) is 4.79 Å². The molecule has 3 N–H and O–H groups in total. The zero-order valence-corrected chi connectivity index (χ0v) is 11.3. The molecule has 7 heteroatoms. The highest BCUT2D eigenvalue weighted by atomic mass is 35.5.